The van der Waals surface area contributed by atoms with Crippen molar-refractivity contribution in [1.29, 1.82) is 5.41 Å². The van der Waals surface area contributed by atoms with E-state index in [-0.39, 0.29) is 23.8 Å². The minimum atomic E-state index is -0.971. The SMILES string of the molecule is Cc1cnc(NC(=O)C(CN2CC(O)C2)Oc2ncnc(Nc3ncccc3Cl)c2C=N)s1. The number of halogens is 1. The Hall–Kier alpha value is -3.19. The molecule has 1 saturated heterocycles. The highest BCUT2D eigenvalue weighted by atomic mass is 35.5. The van der Waals surface area contributed by atoms with Crippen LogP contribution in [0, 0.1) is 12.3 Å². The Bertz CT molecular complexity index is 1150. The molecule has 3 aromatic heterocycles. The van der Waals surface area contributed by atoms with E-state index in [9.17, 15) is 9.90 Å². The number of aliphatic hydroxyl groups excluding tert-OH is 1. The Morgan fingerprint density at radius 1 is 1.39 bits per heavy atom. The van der Waals surface area contributed by atoms with Gasteiger partial charge in [0.05, 0.1) is 16.7 Å². The lowest BCUT2D eigenvalue weighted by Gasteiger charge is -2.37. The first kappa shape index (κ1) is 23.0. The lowest BCUT2D eigenvalue weighted by atomic mass is 10.1. The first-order valence-corrected chi connectivity index (χ1v) is 11.2. The van der Waals surface area contributed by atoms with Crippen molar-refractivity contribution in [3.8, 4) is 5.88 Å². The second kappa shape index (κ2) is 10.2. The molecule has 1 aliphatic heterocycles. The van der Waals surface area contributed by atoms with E-state index in [1.54, 1.807) is 24.5 Å². The van der Waals surface area contributed by atoms with Crippen LogP contribution in [0.2, 0.25) is 5.02 Å². The Kier molecular flexibility index (Phi) is 7.08. The number of rotatable bonds is 9. The summed E-state index contributed by atoms with van der Waals surface area (Å²) in [6, 6.07) is 3.36. The molecule has 0 spiro atoms. The third kappa shape index (κ3) is 5.60. The molecule has 1 amide bonds. The van der Waals surface area contributed by atoms with E-state index >= 15 is 0 Å². The first-order chi connectivity index (χ1) is 15.9. The summed E-state index contributed by atoms with van der Waals surface area (Å²) in [6.07, 6.45) is 4.13. The van der Waals surface area contributed by atoms with Crippen molar-refractivity contribution in [3.05, 3.63) is 46.3 Å². The molecule has 0 aromatic carbocycles. The topological polar surface area (TPSA) is 149 Å². The Morgan fingerprint density at radius 2 is 2.21 bits per heavy atom. The highest BCUT2D eigenvalue weighted by Gasteiger charge is 2.32. The van der Waals surface area contributed by atoms with Gasteiger partial charge >= 0.3 is 0 Å². The highest BCUT2D eigenvalue weighted by Crippen LogP contribution is 2.27. The quantitative estimate of drug-likeness (QED) is 0.332. The molecule has 0 radical (unpaired) electrons. The molecule has 0 aliphatic carbocycles. The molecule has 11 nitrogen and oxygen atoms in total. The van der Waals surface area contributed by atoms with Gasteiger partial charge in [0.1, 0.15) is 18.0 Å². The van der Waals surface area contributed by atoms with Gasteiger partial charge in [0, 0.05) is 43.1 Å². The molecule has 0 saturated carbocycles. The molecule has 4 N–H and O–H groups in total. The molecular weight excluding hydrogens is 468 g/mol. The predicted molar refractivity (Wildman–Crippen MR) is 125 cm³/mol. The lowest BCUT2D eigenvalue weighted by Crippen LogP contribution is -2.55. The second-order valence-corrected chi connectivity index (χ2v) is 8.93. The van der Waals surface area contributed by atoms with Crippen LogP contribution in [0.15, 0.2) is 30.9 Å². The second-order valence-electron chi connectivity index (χ2n) is 7.29. The zero-order valence-electron chi connectivity index (χ0n) is 17.5. The number of carbonyl (C=O) groups excluding carboxylic acids is 1. The Morgan fingerprint density at radius 3 is 2.88 bits per heavy atom. The Balaban J connectivity index is 1.57. The fourth-order valence-electron chi connectivity index (χ4n) is 3.13. The zero-order chi connectivity index (χ0) is 23.4. The van der Waals surface area contributed by atoms with Crippen molar-refractivity contribution in [1.82, 2.24) is 24.8 Å². The molecule has 4 rings (SSSR count). The number of carbonyl (C=O) groups is 1. The van der Waals surface area contributed by atoms with E-state index in [2.05, 4.69) is 30.6 Å². The van der Waals surface area contributed by atoms with Gasteiger partial charge in [-0.05, 0) is 19.1 Å². The summed E-state index contributed by atoms with van der Waals surface area (Å²) in [5.41, 5.74) is 0.228. The van der Waals surface area contributed by atoms with Gasteiger partial charge in [0.15, 0.2) is 11.2 Å². The maximum Gasteiger partial charge on any atom is 0.268 e. The summed E-state index contributed by atoms with van der Waals surface area (Å²) in [6.45, 7) is 3.00. The normalized spacial score (nSPS) is 14.9. The summed E-state index contributed by atoms with van der Waals surface area (Å²) in [4.78, 5) is 32.5. The predicted octanol–water partition coefficient (Wildman–Crippen LogP) is 2.09. The van der Waals surface area contributed by atoms with Crippen LogP contribution in [0.3, 0.4) is 0 Å². The number of anilines is 3. The number of aromatic nitrogens is 4. The van der Waals surface area contributed by atoms with Gasteiger partial charge in [-0.1, -0.05) is 11.6 Å². The van der Waals surface area contributed by atoms with Crippen molar-refractivity contribution in [2.24, 2.45) is 0 Å². The van der Waals surface area contributed by atoms with Crippen LogP contribution in [-0.4, -0.2) is 73.9 Å². The molecule has 4 heterocycles. The van der Waals surface area contributed by atoms with E-state index in [0.717, 1.165) is 11.1 Å². The molecule has 1 aliphatic rings. The van der Waals surface area contributed by atoms with Crippen LogP contribution in [0.1, 0.15) is 10.4 Å². The number of nitrogens with one attached hydrogen (secondary N) is 3. The smallest absolute Gasteiger partial charge is 0.268 e. The summed E-state index contributed by atoms with van der Waals surface area (Å²) in [7, 11) is 0. The van der Waals surface area contributed by atoms with Gasteiger partial charge < -0.3 is 20.6 Å². The summed E-state index contributed by atoms with van der Waals surface area (Å²) in [5, 5.41) is 24.0. The van der Waals surface area contributed by atoms with Crippen LogP contribution < -0.4 is 15.4 Å². The fraction of sp³-hybridized carbons (Fsp3) is 0.300. The van der Waals surface area contributed by atoms with E-state index in [4.69, 9.17) is 21.7 Å². The average molecular weight is 489 g/mol. The molecule has 1 fully saturated rings. The maximum atomic E-state index is 13.0. The number of hydrogen-bond acceptors (Lipinski definition) is 11. The van der Waals surface area contributed by atoms with Crippen molar-refractivity contribution >= 4 is 51.8 Å². The molecule has 33 heavy (non-hydrogen) atoms. The number of aliphatic hydroxyl groups is 1. The van der Waals surface area contributed by atoms with Crippen LogP contribution in [0.5, 0.6) is 5.88 Å². The van der Waals surface area contributed by atoms with Crippen molar-refractivity contribution in [2.75, 3.05) is 30.3 Å². The molecular formula is C20H21ClN8O3S. The number of thiazole rings is 1. The van der Waals surface area contributed by atoms with Gasteiger partial charge in [-0.25, -0.2) is 19.9 Å². The molecule has 0 bridgehead atoms. The first-order valence-electron chi connectivity index (χ1n) is 9.96. The highest BCUT2D eigenvalue weighted by molar-refractivity contribution is 7.15. The van der Waals surface area contributed by atoms with Crippen molar-refractivity contribution in [3.63, 3.8) is 0 Å². The van der Waals surface area contributed by atoms with Gasteiger partial charge in [-0.2, -0.15) is 0 Å². The number of amides is 1. The van der Waals surface area contributed by atoms with Gasteiger partial charge in [-0.3, -0.25) is 15.0 Å². The largest absolute Gasteiger partial charge is 0.462 e. The van der Waals surface area contributed by atoms with Crippen LogP contribution in [0.25, 0.3) is 0 Å². The molecule has 3 aromatic rings. The monoisotopic (exact) mass is 488 g/mol. The van der Waals surface area contributed by atoms with Crippen LogP contribution >= 0.6 is 22.9 Å². The summed E-state index contributed by atoms with van der Waals surface area (Å²) >= 11 is 7.51. The van der Waals surface area contributed by atoms with E-state index in [1.807, 2.05) is 11.8 Å². The zero-order valence-corrected chi connectivity index (χ0v) is 19.1. The number of aryl methyl sites for hydroxylation is 1. The fourth-order valence-corrected chi connectivity index (χ4v) is 3.96. The summed E-state index contributed by atoms with van der Waals surface area (Å²) < 4.78 is 5.97. The van der Waals surface area contributed by atoms with Crippen LogP contribution in [0.4, 0.5) is 16.8 Å². The third-order valence-electron chi connectivity index (χ3n) is 4.75. The van der Waals surface area contributed by atoms with Crippen molar-refractivity contribution in [2.45, 2.75) is 19.1 Å². The number of pyridine rings is 1. The lowest BCUT2D eigenvalue weighted by molar-refractivity contribution is -0.125. The Labute approximate surface area is 198 Å². The minimum absolute atomic E-state index is 0.0473. The summed E-state index contributed by atoms with van der Waals surface area (Å²) in [5.74, 6) is 0.244. The van der Waals surface area contributed by atoms with E-state index in [0.29, 0.717) is 29.1 Å². The number of nitrogens with zero attached hydrogens (tertiary/aromatic N) is 5. The van der Waals surface area contributed by atoms with E-state index in [1.165, 1.54) is 17.7 Å². The number of β-amino-alcohol motifs (C(OH)–C–C–N with tert-alkyl or cyclic N) is 1. The number of likely N-dealkylation sites (tertiary alicyclic amines) is 1. The molecule has 1 atom stereocenters. The standard InChI is InChI=1S/C20H21ClN8O3S/c1-11-6-24-20(33-11)28-18(31)15(9-29-7-12(30)8-29)32-19-13(5-22)16(25-10-26-19)27-17-14(21)3-2-4-23-17/h2-6,10,12,15,22,30H,7-9H2,1H3,(H,24,28,31)(H,23,25,26,27). The molecule has 172 valence electrons. The van der Waals surface area contributed by atoms with Gasteiger partial charge in [0.25, 0.3) is 5.91 Å². The van der Waals surface area contributed by atoms with Crippen molar-refractivity contribution < 1.29 is 14.6 Å². The average Bonchev–Trinajstić information content (AvgIpc) is 3.18. The third-order valence-corrected chi connectivity index (χ3v) is 5.88. The maximum absolute atomic E-state index is 13.0. The van der Waals surface area contributed by atoms with E-state index < -0.39 is 18.1 Å². The molecule has 1 unspecified atom stereocenters. The minimum Gasteiger partial charge on any atom is -0.462 e. The molecule has 13 heteroatoms. The van der Waals surface area contributed by atoms with Crippen LogP contribution in [-0.2, 0) is 4.79 Å². The number of ether oxygens (including phenoxy) is 1. The van der Waals surface area contributed by atoms with Gasteiger partial charge in [-0.15, -0.1) is 11.3 Å². The van der Waals surface area contributed by atoms with Gasteiger partial charge in [0.2, 0.25) is 5.88 Å². The number of hydrogen-bond donors (Lipinski definition) is 4.